The van der Waals surface area contributed by atoms with Crippen molar-refractivity contribution in [1.29, 1.82) is 0 Å². The Bertz CT molecular complexity index is 1130. The first-order valence-electron chi connectivity index (χ1n) is 11.4. The highest BCUT2D eigenvalue weighted by Gasteiger charge is 2.46. The molecule has 1 heterocycles. The smallest absolute Gasteiger partial charge is 0.295 e. The van der Waals surface area contributed by atoms with E-state index in [4.69, 9.17) is 14.2 Å². The quantitative estimate of drug-likeness (QED) is 0.301. The number of aliphatic hydroxyl groups is 1. The van der Waals surface area contributed by atoms with Crippen molar-refractivity contribution in [2.45, 2.75) is 19.9 Å². The number of aliphatic hydroxyl groups excluding tert-OH is 1. The summed E-state index contributed by atoms with van der Waals surface area (Å²) in [5, 5.41) is 21.8. The van der Waals surface area contributed by atoms with Crippen LogP contribution in [0.3, 0.4) is 0 Å². The van der Waals surface area contributed by atoms with Gasteiger partial charge >= 0.3 is 0 Å². The molecule has 188 valence electrons. The second kappa shape index (κ2) is 11.1. The van der Waals surface area contributed by atoms with Gasteiger partial charge in [0.05, 0.1) is 37.5 Å². The van der Waals surface area contributed by atoms with Gasteiger partial charge in [-0.15, -0.1) is 0 Å². The van der Waals surface area contributed by atoms with Gasteiger partial charge < -0.3 is 34.2 Å². The zero-order chi connectivity index (χ0) is 25.7. The van der Waals surface area contributed by atoms with Crippen LogP contribution in [0.15, 0.2) is 42.0 Å². The van der Waals surface area contributed by atoms with E-state index < -0.39 is 17.7 Å². The Morgan fingerprint density at radius 3 is 2.34 bits per heavy atom. The van der Waals surface area contributed by atoms with Crippen molar-refractivity contribution in [1.82, 2.24) is 9.80 Å². The van der Waals surface area contributed by atoms with E-state index in [-0.39, 0.29) is 34.9 Å². The molecule has 2 N–H and O–H groups in total. The first-order valence-corrected chi connectivity index (χ1v) is 11.4. The highest BCUT2D eigenvalue weighted by molar-refractivity contribution is 6.46. The molecule has 0 aliphatic carbocycles. The SMILES string of the molecule is CCOc1ccc(/C(O)=C2/C(=O)C(=O)N(CCN(C)C)C2c2ccc(OC)c(O)c2)c(OCC)c1. The molecule has 1 fully saturated rings. The maximum atomic E-state index is 13.2. The van der Waals surface area contributed by atoms with Gasteiger partial charge in [0.1, 0.15) is 17.3 Å². The van der Waals surface area contributed by atoms with Crippen LogP contribution in [0, 0.1) is 0 Å². The van der Waals surface area contributed by atoms with Crippen LogP contribution in [0.5, 0.6) is 23.0 Å². The first kappa shape index (κ1) is 25.9. The molecule has 1 saturated heterocycles. The third-order valence-electron chi connectivity index (χ3n) is 5.67. The minimum Gasteiger partial charge on any atom is -0.507 e. The fraction of sp³-hybridized carbons (Fsp3) is 0.385. The summed E-state index contributed by atoms with van der Waals surface area (Å²) in [4.78, 5) is 29.6. The second-order valence-corrected chi connectivity index (χ2v) is 8.25. The minimum atomic E-state index is -0.909. The van der Waals surface area contributed by atoms with Gasteiger partial charge in [-0.05, 0) is 57.8 Å². The maximum absolute atomic E-state index is 13.2. The number of Topliss-reactive ketones (excluding diaryl/α,β-unsaturated/α-hetero) is 1. The molecule has 3 rings (SSSR count). The Kier molecular flexibility index (Phi) is 8.24. The molecule has 1 aliphatic rings. The third-order valence-corrected chi connectivity index (χ3v) is 5.67. The number of methoxy groups -OCH3 is 1. The molecule has 9 heteroatoms. The number of likely N-dealkylation sites (tertiary alicyclic amines) is 1. The number of ketones is 1. The topological polar surface area (TPSA) is 109 Å². The highest BCUT2D eigenvalue weighted by atomic mass is 16.5. The fourth-order valence-electron chi connectivity index (χ4n) is 4.02. The Morgan fingerprint density at radius 1 is 1.03 bits per heavy atom. The normalized spacial score (nSPS) is 17.2. The van der Waals surface area contributed by atoms with Crippen LogP contribution in [-0.2, 0) is 9.59 Å². The number of rotatable bonds is 10. The van der Waals surface area contributed by atoms with Gasteiger partial charge in [-0.1, -0.05) is 6.07 Å². The van der Waals surface area contributed by atoms with Gasteiger partial charge in [0.2, 0.25) is 0 Å². The molecule has 1 atom stereocenters. The Labute approximate surface area is 205 Å². The van der Waals surface area contributed by atoms with E-state index in [1.54, 1.807) is 37.3 Å². The average molecular weight is 485 g/mol. The van der Waals surface area contributed by atoms with Crippen molar-refractivity contribution >= 4 is 17.4 Å². The van der Waals surface area contributed by atoms with Crippen LogP contribution in [0.2, 0.25) is 0 Å². The van der Waals surface area contributed by atoms with Crippen molar-refractivity contribution in [3.8, 4) is 23.0 Å². The lowest BCUT2D eigenvalue weighted by atomic mass is 9.94. The van der Waals surface area contributed by atoms with Crippen molar-refractivity contribution in [2.24, 2.45) is 0 Å². The number of hydrogen-bond acceptors (Lipinski definition) is 8. The number of aromatic hydroxyl groups is 1. The summed E-state index contributed by atoms with van der Waals surface area (Å²) >= 11 is 0. The van der Waals surface area contributed by atoms with Gasteiger partial charge in [-0.3, -0.25) is 9.59 Å². The summed E-state index contributed by atoms with van der Waals surface area (Å²) in [6.45, 7) is 5.18. The number of carbonyl (C=O) groups is 2. The van der Waals surface area contributed by atoms with Crippen molar-refractivity contribution in [2.75, 3.05) is 47.5 Å². The molecular formula is C26H32N2O7. The van der Waals surface area contributed by atoms with Crippen LogP contribution >= 0.6 is 0 Å². The molecule has 0 aromatic heterocycles. The molecule has 1 amide bonds. The van der Waals surface area contributed by atoms with Crippen LogP contribution in [0.1, 0.15) is 31.0 Å². The number of amides is 1. The van der Waals surface area contributed by atoms with Crippen LogP contribution in [-0.4, -0.2) is 79.2 Å². The van der Waals surface area contributed by atoms with Gasteiger partial charge in [-0.2, -0.15) is 0 Å². The number of nitrogens with zero attached hydrogens (tertiary/aromatic N) is 2. The zero-order valence-corrected chi connectivity index (χ0v) is 20.7. The van der Waals surface area contributed by atoms with Crippen molar-refractivity contribution < 1.29 is 34.0 Å². The zero-order valence-electron chi connectivity index (χ0n) is 20.7. The van der Waals surface area contributed by atoms with E-state index in [1.165, 1.54) is 18.1 Å². The predicted molar refractivity (Wildman–Crippen MR) is 131 cm³/mol. The summed E-state index contributed by atoms with van der Waals surface area (Å²) in [5.41, 5.74) is 0.652. The lowest BCUT2D eigenvalue weighted by Crippen LogP contribution is -2.35. The first-order chi connectivity index (χ1) is 16.7. The highest BCUT2D eigenvalue weighted by Crippen LogP contribution is 2.43. The number of carbonyl (C=O) groups excluding carboxylic acids is 2. The fourth-order valence-corrected chi connectivity index (χ4v) is 4.02. The molecule has 0 spiro atoms. The monoisotopic (exact) mass is 484 g/mol. The van der Waals surface area contributed by atoms with E-state index in [0.717, 1.165) is 0 Å². The van der Waals surface area contributed by atoms with Crippen molar-refractivity contribution in [3.63, 3.8) is 0 Å². The van der Waals surface area contributed by atoms with Gasteiger partial charge in [-0.25, -0.2) is 0 Å². The molecular weight excluding hydrogens is 452 g/mol. The van der Waals surface area contributed by atoms with Crippen LogP contribution in [0.25, 0.3) is 5.76 Å². The Balaban J connectivity index is 2.20. The number of benzene rings is 2. The molecule has 0 saturated carbocycles. The molecule has 9 nitrogen and oxygen atoms in total. The number of phenols is 1. The second-order valence-electron chi connectivity index (χ2n) is 8.25. The Hall–Kier alpha value is -3.72. The summed E-state index contributed by atoms with van der Waals surface area (Å²) in [5.74, 6) is -0.899. The molecule has 35 heavy (non-hydrogen) atoms. The molecule has 0 radical (unpaired) electrons. The van der Waals surface area contributed by atoms with Crippen LogP contribution < -0.4 is 14.2 Å². The number of likely N-dealkylation sites (N-methyl/N-ethyl adjacent to an activating group) is 1. The van der Waals surface area contributed by atoms with E-state index >= 15 is 0 Å². The standard InChI is InChI=1S/C26H32N2O7/c1-6-34-17-9-10-18(21(15-17)35-7-2)24(30)22-23(16-8-11-20(33-5)19(29)14-16)28(13-12-27(3)4)26(32)25(22)31/h8-11,14-15,23,29-30H,6-7,12-13H2,1-5H3/b24-22-. The maximum Gasteiger partial charge on any atom is 0.295 e. The Morgan fingerprint density at radius 2 is 1.74 bits per heavy atom. The van der Waals surface area contributed by atoms with Gasteiger partial charge in [0, 0.05) is 19.2 Å². The third kappa shape index (κ3) is 5.35. The van der Waals surface area contributed by atoms with Crippen molar-refractivity contribution in [3.05, 3.63) is 53.1 Å². The minimum absolute atomic E-state index is 0.0802. The molecule has 1 aliphatic heterocycles. The molecule has 2 aromatic carbocycles. The summed E-state index contributed by atoms with van der Waals surface area (Å²) < 4.78 is 16.4. The number of phenolic OH excluding ortho intramolecular Hbond substituents is 1. The van der Waals surface area contributed by atoms with E-state index in [1.807, 2.05) is 25.9 Å². The van der Waals surface area contributed by atoms with E-state index in [9.17, 15) is 19.8 Å². The molecule has 2 aromatic rings. The number of hydrogen-bond donors (Lipinski definition) is 2. The van der Waals surface area contributed by atoms with E-state index in [2.05, 4.69) is 0 Å². The van der Waals surface area contributed by atoms with Gasteiger partial charge in [0.25, 0.3) is 11.7 Å². The predicted octanol–water partition coefficient (Wildman–Crippen LogP) is 3.18. The lowest BCUT2D eigenvalue weighted by Gasteiger charge is -2.27. The molecule has 0 bridgehead atoms. The van der Waals surface area contributed by atoms with Gasteiger partial charge in [0.15, 0.2) is 11.5 Å². The van der Waals surface area contributed by atoms with E-state index in [0.29, 0.717) is 36.8 Å². The average Bonchev–Trinajstić information content (AvgIpc) is 3.07. The summed E-state index contributed by atoms with van der Waals surface area (Å²) in [6, 6.07) is 8.64. The van der Waals surface area contributed by atoms with Crippen LogP contribution in [0.4, 0.5) is 0 Å². The summed E-state index contributed by atoms with van der Waals surface area (Å²) in [7, 11) is 5.15. The number of ether oxygens (including phenoxy) is 3. The molecule has 1 unspecified atom stereocenters. The lowest BCUT2D eigenvalue weighted by molar-refractivity contribution is -0.140. The largest absolute Gasteiger partial charge is 0.507 e. The summed E-state index contributed by atoms with van der Waals surface area (Å²) in [6.07, 6.45) is 0.